The summed E-state index contributed by atoms with van der Waals surface area (Å²) >= 11 is 0.776. The van der Waals surface area contributed by atoms with Crippen molar-refractivity contribution in [2.24, 2.45) is 14.1 Å². The molecule has 0 saturated carbocycles. The van der Waals surface area contributed by atoms with Gasteiger partial charge in [0.25, 0.3) is 11.1 Å². The molecule has 3 amide bonds. The number of anilines is 1. The Balaban J connectivity index is 1.50. The number of hydrogen-bond donors (Lipinski definition) is 1. The number of benzene rings is 2. The summed E-state index contributed by atoms with van der Waals surface area (Å²) in [5.41, 5.74) is 2.52. The number of nitrogens with one attached hydrogen (secondary N) is 1. The number of carbonyl (C=O) groups is 3. The number of imide groups is 1. The molecule has 9 nitrogen and oxygen atoms in total. The average molecular weight is 452 g/mol. The van der Waals surface area contributed by atoms with Crippen molar-refractivity contribution >= 4 is 51.6 Å². The second kappa shape index (κ2) is 8.39. The Morgan fingerprint density at radius 1 is 1.03 bits per heavy atom. The minimum Gasteiger partial charge on any atom is -0.497 e. The summed E-state index contributed by atoms with van der Waals surface area (Å²) in [6.45, 7) is -0.389. The van der Waals surface area contributed by atoms with E-state index >= 15 is 0 Å². The Kier molecular flexibility index (Phi) is 5.62. The van der Waals surface area contributed by atoms with Crippen LogP contribution in [-0.2, 0) is 23.7 Å². The van der Waals surface area contributed by atoms with E-state index in [4.69, 9.17) is 4.74 Å². The molecule has 1 N–H and O–H groups in total. The SMILES string of the molecule is COc1ccc(NC(=O)CN2C(=O)SC(=Cc3ccc4c(c3)n(C)c(=O)n4C)C2=O)cc1. The molecule has 0 bridgehead atoms. The summed E-state index contributed by atoms with van der Waals surface area (Å²) in [5.74, 6) is -0.376. The van der Waals surface area contributed by atoms with Crippen LogP contribution in [0.4, 0.5) is 10.5 Å². The van der Waals surface area contributed by atoms with Gasteiger partial charge >= 0.3 is 5.69 Å². The molecule has 1 aliphatic rings. The van der Waals surface area contributed by atoms with Gasteiger partial charge < -0.3 is 10.1 Å². The maximum absolute atomic E-state index is 12.7. The Morgan fingerprint density at radius 3 is 2.41 bits per heavy atom. The van der Waals surface area contributed by atoms with Gasteiger partial charge in [0.1, 0.15) is 12.3 Å². The second-order valence-corrected chi connectivity index (χ2v) is 8.19. The molecule has 0 radical (unpaired) electrons. The van der Waals surface area contributed by atoms with E-state index < -0.39 is 17.1 Å². The van der Waals surface area contributed by atoms with E-state index in [9.17, 15) is 19.2 Å². The maximum atomic E-state index is 12.7. The van der Waals surface area contributed by atoms with E-state index in [0.29, 0.717) is 22.5 Å². The van der Waals surface area contributed by atoms with Crippen LogP contribution < -0.4 is 15.7 Å². The third-order valence-corrected chi connectivity index (χ3v) is 6.05. The zero-order chi connectivity index (χ0) is 23.0. The summed E-state index contributed by atoms with van der Waals surface area (Å²) in [5, 5.41) is 2.14. The molecule has 0 aliphatic carbocycles. The standard InChI is InChI=1S/C22H20N4O5S/c1-24-16-9-4-13(10-17(16)25(2)21(24)29)11-18-20(28)26(22(30)32-18)12-19(27)23-14-5-7-15(31-3)8-6-14/h4-11H,12H2,1-3H3,(H,23,27). The number of aromatic nitrogens is 2. The Labute approximate surface area is 187 Å². The summed E-state index contributed by atoms with van der Waals surface area (Å²) in [7, 11) is 4.90. The Morgan fingerprint density at radius 2 is 1.72 bits per heavy atom. The average Bonchev–Trinajstić information content (AvgIpc) is 3.16. The molecule has 2 aromatic carbocycles. The number of amides is 3. The van der Waals surface area contributed by atoms with Crippen LogP contribution in [0.5, 0.6) is 5.75 Å². The van der Waals surface area contributed by atoms with Crippen molar-refractivity contribution in [1.82, 2.24) is 14.0 Å². The molecular weight excluding hydrogens is 432 g/mol. The zero-order valence-electron chi connectivity index (χ0n) is 17.6. The zero-order valence-corrected chi connectivity index (χ0v) is 18.4. The number of hydrogen-bond acceptors (Lipinski definition) is 6. The van der Waals surface area contributed by atoms with Crippen molar-refractivity contribution in [1.29, 1.82) is 0 Å². The summed E-state index contributed by atoms with van der Waals surface area (Å²) in [4.78, 5) is 50.7. The molecule has 1 saturated heterocycles. The molecule has 4 rings (SSSR count). The molecule has 0 atom stereocenters. The topological polar surface area (TPSA) is 103 Å². The lowest BCUT2D eigenvalue weighted by molar-refractivity contribution is -0.127. The number of imidazole rings is 1. The van der Waals surface area contributed by atoms with Gasteiger partial charge in [0, 0.05) is 19.8 Å². The van der Waals surface area contributed by atoms with Gasteiger partial charge in [-0.3, -0.25) is 28.4 Å². The van der Waals surface area contributed by atoms with Gasteiger partial charge in [0.15, 0.2) is 0 Å². The molecule has 1 aliphatic heterocycles. The van der Waals surface area contributed by atoms with Gasteiger partial charge in [-0.2, -0.15) is 0 Å². The molecule has 0 spiro atoms. The van der Waals surface area contributed by atoms with Crippen LogP contribution in [0.25, 0.3) is 17.1 Å². The summed E-state index contributed by atoms with van der Waals surface area (Å²) < 4.78 is 8.12. The van der Waals surface area contributed by atoms with E-state index in [1.54, 1.807) is 69.7 Å². The van der Waals surface area contributed by atoms with E-state index in [1.165, 1.54) is 9.13 Å². The summed E-state index contributed by atoms with van der Waals surface area (Å²) in [6, 6.07) is 12.0. The molecule has 1 fully saturated rings. The van der Waals surface area contributed by atoms with Gasteiger partial charge in [0.2, 0.25) is 5.91 Å². The van der Waals surface area contributed by atoms with Crippen molar-refractivity contribution in [3.05, 3.63) is 63.4 Å². The minimum absolute atomic E-state index is 0.152. The lowest BCUT2D eigenvalue weighted by Crippen LogP contribution is -2.36. The maximum Gasteiger partial charge on any atom is 0.328 e. The van der Waals surface area contributed by atoms with Crippen LogP contribution in [0.15, 0.2) is 52.2 Å². The van der Waals surface area contributed by atoms with Crippen LogP contribution >= 0.6 is 11.8 Å². The van der Waals surface area contributed by atoms with Crippen molar-refractivity contribution in [3.63, 3.8) is 0 Å². The fraction of sp³-hybridized carbons (Fsp3) is 0.182. The van der Waals surface area contributed by atoms with Gasteiger partial charge in [0.05, 0.1) is 23.0 Å². The van der Waals surface area contributed by atoms with Crippen LogP contribution in [-0.4, -0.2) is 44.7 Å². The van der Waals surface area contributed by atoms with Gasteiger partial charge in [-0.1, -0.05) is 6.07 Å². The van der Waals surface area contributed by atoms with Crippen LogP contribution in [0.1, 0.15) is 5.56 Å². The first kappa shape index (κ1) is 21.4. The molecule has 0 unspecified atom stereocenters. The van der Waals surface area contributed by atoms with E-state index in [2.05, 4.69) is 5.32 Å². The quantitative estimate of drug-likeness (QED) is 0.597. The Bertz CT molecular complexity index is 1340. The second-order valence-electron chi connectivity index (χ2n) is 7.19. The molecule has 164 valence electrons. The van der Waals surface area contributed by atoms with Gasteiger partial charge in [-0.25, -0.2) is 4.79 Å². The lowest BCUT2D eigenvalue weighted by atomic mass is 10.2. The van der Waals surface area contributed by atoms with E-state index in [1.807, 2.05) is 0 Å². The van der Waals surface area contributed by atoms with Crippen LogP contribution in [0.3, 0.4) is 0 Å². The number of nitrogens with zero attached hydrogens (tertiary/aromatic N) is 3. The highest BCUT2D eigenvalue weighted by Gasteiger charge is 2.36. The number of thioether (sulfide) groups is 1. The lowest BCUT2D eigenvalue weighted by Gasteiger charge is -2.12. The first-order chi connectivity index (χ1) is 15.3. The fourth-order valence-electron chi connectivity index (χ4n) is 3.42. The number of methoxy groups -OCH3 is 1. The number of aryl methyl sites for hydroxylation is 2. The highest BCUT2D eigenvalue weighted by molar-refractivity contribution is 8.18. The first-order valence-electron chi connectivity index (χ1n) is 9.63. The number of ether oxygens (including phenoxy) is 1. The molecule has 10 heteroatoms. The van der Waals surface area contributed by atoms with Crippen molar-refractivity contribution in [3.8, 4) is 5.75 Å². The number of fused-ring (bicyclic) bond motifs is 1. The van der Waals surface area contributed by atoms with Crippen LogP contribution in [0.2, 0.25) is 0 Å². The summed E-state index contributed by atoms with van der Waals surface area (Å²) in [6.07, 6.45) is 1.59. The first-order valence-corrected chi connectivity index (χ1v) is 10.4. The third-order valence-electron chi connectivity index (χ3n) is 5.14. The predicted octanol–water partition coefficient (Wildman–Crippen LogP) is 2.56. The largest absolute Gasteiger partial charge is 0.497 e. The molecule has 32 heavy (non-hydrogen) atoms. The van der Waals surface area contributed by atoms with Crippen molar-refractivity contribution in [2.75, 3.05) is 19.0 Å². The number of rotatable bonds is 5. The molecule has 3 aromatic rings. The smallest absolute Gasteiger partial charge is 0.328 e. The van der Waals surface area contributed by atoms with Gasteiger partial charge in [-0.15, -0.1) is 0 Å². The minimum atomic E-state index is -0.535. The monoisotopic (exact) mass is 452 g/mol. The molecular formula is C22H20N4O5S. The number of carbonyl (C=O) groups excluding carboxylic acids is 3. The van der Waals surface area contributed by atoms with E-state index in [0.717, 1.165) is 22.2 Å². The predicted molar refractivity (Wildman–Crippen MR) is 122 cm³/mol. The fourth-order valence-corrected chi connectivity index (χ4v) is 4.26. The Hall–Kier alpha value is -3.79. The molecule has 2 heterocycles. The van der Waals surface area contributed by atoms with Crippen molar-refractivity contribution in [2.45, 2.75) is 0 Å². The highest BCUT2D eigenvalue weighted by Crippen LogP contribution is 2.32. The normalized spacial score (nSPS) is 15.1. The third kappa shape index (κ3) is 3.92. The van der Waals surface area contributed by atoms with Gasteiger partial charge in [-0.05, 0) is 59.8 Å². The highest BCUT2D eigenvalue weighted by atomic mass is 32.2. The van der Waals surface area contributed by atoms with Crippen LogP contribution in [0, 0.1) is 0 Å². The van der Waals surface area contributed by atoms with Crippen molar-refractivity contribution < 1.29 is 19.1 Å². The molecule has 1 aromatic heterocycles. The van der Waals surface area contributed by atoms with E-state index in [-0.39, 0.29) is 17.1 Å².